The second-order valence-corrected chi connectivity index (χ2v) is 8.74. The van der Waals surface area contributed by atoms with Gasteiger partial charge in [-0.25, -0.2) is 0 Å². The summed E-state index contributed by atoms with van der Waals surface area (Å²) in [5.41, 5.74) is 0.844. The first kappa shape index (κ1) is 19.9. The number of carbonyl (C=O) groups is 1. The summed E-state index contributed by atoms with van der Waals surface area (Å²) >= 11 is 3.01. The quantitative estimate of drug-likeness (QED) is 0.559. The van der Waals surface area contributed by atoms with E-state index in [4.69, 9.17) is 9.47 Å². The second-order valence-electron chi connectivity index (χ2n) is 6.49. The maximum atomic E-state index is 12.9. The van der Waals surface area contributed by atoms with Crippen LogP contribution >= 0.6 is 23.1 Å². The number of thioether (sulfide) groups is 1. The molecule has 4 rings (SSSR count). The number of para-hydroxylation sites is 2. The molecule has 0 N–H and O–H groups in total. The zero-order valence-electron chi connectivity index (χ0n) is 16.3. The van der Waals surface area contributed by atoms with Gasteiger partial charge in [-0.3, -0.25) is 9.36 Å². The summed E-state index contributed by atoms with van der Waals surface area (Å²) in [4.78, 5) is 15.7. The number of carbonyl (C=O) groups excluding carboxylic acids is 1. The molecule has 9 heteroatoms. The number of aromatic nitrogens is 3. The Hall–Kier alpha value is -2.36. The molecule has 1 amide bonds. The molecule has 0 saturated carbocycles. The van der Waals surface area contributed by atoms with Gasteiger partial charge in [-0.15, -0.1) is 21.5 Å². The summed E-state index contributed by atoms with van der Waals surface area (Å²) in [5, 5.41) is 11.2. The molecule has 0 bridgehead atoms. The summed E-state index contributed by atoms with van der Waals surface area (Å²) in [6.07, 6.45) is 0. The largest absolute Gasteiger partial charge is 0.495 e. The molecule has 0 aliphatic carbocycles. The Kier molecular flexibility index (Phi) is 6.17. The normalized spacial score (nSPS) is 15.3. The lowest BCUT2D eigenvalue weighted by Crippen LogP contribution is -2.44. The third-order valence-electron chi connectivity index (χ3n) is 4.65. The van der Waals surface area contributed by atoms with Crippen molar-refractivity contribution in [1.29, 1.82) is 0 Å². The van der Waals surface area contributed by atoms with Crippen LogP contribution in [0.3, 0.4) is 0 Å². The zero-order valence-corrected chi connectivity index (χ0v) is 17.9. The maximum Gasteiger partial charge on any atom is 0.236 e. The Morgan fingerprint density at radius 2 is 2.00 bits per heavy atom. The van der Waals surface area contributed by atoms with Gasteiger partial charge < -0.3 is 14.4 Å². The monoisotopic (exact) mass is 430 g/mol. The molecule has 1 saturated heterocycles. The minimum Gasteiger partial charge on any atom is -0.495 e. The fourth-order valence-corrected chi connectivity index (χ4v) is 4.84. The van der Waals surface area contributed by atoms with E-state index in [9.17, 15) is 4.79 Å². The molecule has 1 aliphatic rings. The topological polar surface area (TPSA) is 69.5 Å². The molecule has 1 aliphatic heterocycles. The van der Waals surface area contributed by atoms with Gasteiger partial charge in [0.25, 0.3) is 0 Å². The van der Waals surface area contributed by atoms with Crippen LogP contribution in [-0.4, -0.2) is 64.2 Å². The first-order valence-electron chi connectivity index (χ1n) is 9.35. The summed E-state index contributed by atoms with van der Waals surface area (Å²) in [5.74, 6) is 1.54. The van der Waals surface area contributed by atoms with E-state index in [2.05, 4.69) is 10.2 Å². The van der Waals surface area contributed by atoms with Gasteiger partial charge in [-0.2, -0.15) is 0 Å². The fraction of sp³-hybridized carbons (Fsp3) is 0.350. The SMILES string of the molecule is COc1ccccc1-n1c(SC(C)C(=O)N2CCOCC2)nnc1-c1cccs1. The van der Waals surface area contributed by atoms with E-state index in [1.54, 1.807) is 18.4 Å². The second kappa shape index (κ2) is 8.98. The predicted octanol–water partition coefficient (Wildman–Crippen LogP) is 3.34. The summed E-state index contributed by atoms with van der Waals surface area (Å²) < 4.78 is 12.9. The van der Waals surface area contributed by atoms with E-state index in [-0.39, 0.29) is 11.2 Å². The van der Waals surface area contributed by atoms with Crippen molar-refractivity contribution in [3.63, 3.8) is 0 Å². The van der Waals surface area contributed by atoms with Crippen LogP contribution in [0.25, 0.3) is 16.4 Å². The number of hydrogen-bond acceptors (Lipinski definition) is 7. The van der Waals surface area contributed by atoms with E-state index in [1.165, 1.54) is 11.8 Å². The van der Waals surface area contributed by atoms with Crippen molar-refractivity contribution >= 4 is 29.0 Å². The standard InChI is InChI=1S/C20H22N4O3S2/c1-14(19(25)23-9-11-27-12-10-23)29-20-22-21-18(17-8-5-13-28-17)24(20)15-6-3-4-7-16(15)26-2/h3-8,13-14H,9-12H2,1-2H3. The van der Waals surface area contributed by atoms with Gasteiger partial charge in [-0.1, -0.05) is 30.0 Å². The molecule has 1 aromatic carbocycles. The Labute approximate surface area is 177 Å². The third kappa shape index (κ3) is 4.17. The molecule has 3 aromatic rings. The lowest BCUT2D eigenvalue weighted by Gasteiger charge is -2.28. The first-order valence-corrected chi connectivity index (χ1v) is 11.1. The minimum atomic E-state index is -0.290. The number of benzene rings is 1. The molecular formula is C20H22N4O3S2. The minimum absolute atomic E-state index is 0.0885. The van der Waals surface area contributed by atoms with Crippen molar-refractivity contribution in [3.8, 4) is 22.1 Å². The van der Waals surface area contributed by atoms with E-state index < -0.39 is 0 Å². The Balaban J connectivity index is 1.69. The number of ether oxygens (including phenoxy) is 2. The van der Waals surface area contributed by atoms with Crippen molar-refractivity contribution in [1.82, 2.24) is 19.7 Å². The molecule has 29 heavy (non-hydrogen) atoms. The summed E-state index contributed by atoms with van der Waals surface area (Å²) in [6.45, 7) is 4.34. The van der Waals surface area contributed by atoms with E-state index >= 15 is 0 Å². The average molecular weight is 431 g/mol. The van der Waals surface area contributed by atoms with Gasteiger partial charge in [0.05, 0.1) is 36.1 Å². The van der Waals surface area contributed by atoms with Gasteiger partial charge in [0.1, 0.15) is 5.75 Å². The highest BCUT2D eigenvalue weighted by molar-refractivity contribution is 8.00. The van der Waals surface area contributed by atoms with Gasteiger partial charge in [0.15, 0.2) is 11.0 Å². The molecule has 1 fully saturated rings. The summed E-state index contributed by atoms with van der Waals surface area (Å²) in [6, 6.07) is 11.7. The van der Waals surface area contributed by atoms with Gasteiger partial charge in [0, 0.05) is 13.1 Å². The van der Waals surface area contributed by atoms with Crippen LogP contribution in [0.15, 0.2) is 46.9 Å². The fourth-order valence-electron chi connectivity index (χ4n) is 3.19. The molecule has 3 heterocycles. The predicted molar refractivity (Wildman–Crippen MR) is 114 cm³/mol. The number of rotatable bonds is 6. The van der Waals surface area contributed by atoms with Crippen LogP contribution in [0.1, 0.15) is 6.92 Å². The van der Waals surface area contributed by atoms with Crippen LogP contribution < -0.4 is 4.74 Å². The lowest BCUT2D eigenvalue weighted by atomic mass is 10.3. The third-order valence-corrected chi connectivity index (χ3v) is 6.55. The molecule has 2 aromatic heterocycles. The number of methoxy groups -OCH3 is 1. The van der Waals surface area contributed by atoms with Gasteiger partial charge >= 0.3 is 0 Å². The molecular weight excluding hydrogens is 408 g/mol. The number of nitrogens with zero attached hydrogens (tertiary/aromatic N) is 4. The number of hydrogen-bond donors (Lipinski definition) is 0. The van der Waals surface area contributed by atoms with Crippen molar-refractivity contribution in [2.45, 2.75) is 17.3 Å². The Bertz CT molecular complexity index is 968. The Morgan fingerprint density at radius 1 is 1.21 bits per heavy atom. The highest BCUT2D eigenvalue weighted by atomic mass is 32.2. The van der Waals surface area contributed by atoms with Gasteiger partial charge in [0.2, 0.25) is 5.91 Å². The average Bonchev–Trinajstić information content (AvgIpc) is 3.43. The van der Waals surface area contributed by atoms with Crippen molar-refractivity contribution in [2.75, 3.05) is 33.4 Å². The van der Waals surface area contributed by atoms with Crippen LogP contribution in [0.4, 0.5) is 0 Å². The van der Waals surface area contributed by atoms with Crippen molar-refractivity contribution in [2.24, 2.45) is 0 Å². The Morgan fingerprint density at radius 3 is 2.72 bits per heavy atom. The number of amides is 1. The highest BCUT2D eigenvalue weighted by Gasteiger charge is 2.27. The van der Waals surface area contributed by atoms with Crippen molar-refractivity contribution < 1.29 is 14.3 Å². The number of morpholine rings is 1. The molecule has 0 spiro atoms. The maximum absolute atomic E-state index is 12.9. The highest BCUT2D eigenvalue weighted by Crippen LogP contribution is 2.35. The number of thiophene rings is 1. The van der Waals surface area contributed by atoms with E-state index in [0.717, 1.165) is 22.1 Å². The van der Waals surface area contributed by atoms with Crippen LogP contribution in [0, 0.1) is 0 Å². The molecule has 152 valence electrons. The lowest BCUT2D eigenvalue weighted by molar-refractivity contribution is -0.134. The smallest absolute Gasteiger partial charge is 0.236 e. The van der Waals surface area contributed by atoms with Crippen LogP contribution in [0.5, 0.6) is 5.75 Å². The molecule has 1 atom stereocenters. The van der Waals surface area contributed by atoms with Gasteiger partial charge in [-0.05, 0) is 30.5 Å². The van der Waals surface area contributed by atoms with Crippen LogP contribution in [-0.2, 0) is 9.53 Å². The van der Waals surface area contributed by atoms with Crippen molar-refractivity contribution in [3.05, 3.63) is 41.8 Å². The van der Waals surface area contributed by atoms with Crippen LogP contribution in [0.2, 0.25) is 0 Å². The molecule has 1 unspecified atom stereocenters. The zero-order chi connectivity index (χ0) is 20.2. The summed E-state index contributed by atoms with van der Waals surface area (Å²) in [7, 11) is 1.64. The van der Waals surface area contributed by atoms with E-state index in [0.29, 0.717) is 31.5 Å². The first-order chi connectivity index (χ1) is 14.2. The molecule has 0 radical (unpaired) electrons. The van der Waals surface area contributed by atoms with E-state index in [1.807, 2.05) is 58.2 Å². The molecule has 7 nitrogen and oxygen atoms in total.